The molecule has 0 amide bonds. The lowest BCUT2D eigenvalue weighted by molar-refractivity contribution is 0.434. The number of aromatic hydroxyl groups is 1. The van der Waals surface area contributed by atoms with Crippen molar-refractivity contribution in [1.29, 1.82) is 10.5 Å². The first-order chi connectivity index (χ1) is 10.1. The first-order valence-electron chi connectivity index (χ1n) is 5.46. The Morgan fingerprint density at radius 3 is 2.52 bits per heavy atom. The molecule has 0 spiro atoms. The van der Waals surface area contributed by atoms with Crippen molar-refractivity contribution >= 4 is 11.5 Å². The van der Waals surface area contributed by atoms with Crippen LogP contribution in [0.25, 0.3) is 5.65 Å². The first kappa shape index (κ1) is 13.6. The van der Waals surface area contributed by atoms with Crippen LogP contribution in [-0.2, 0) is 0 Å². The maximum atomic E-state index is 10.9. The topological polar surface area (TPSA) is 173 Å². The predicted octanol–water partition coefficient (Wildman–Crippen LogP) is -0.537. The fraction of sp³-hybridized carbons (Fsp3) is 0. The van der Waals surface area contributed by atoms with Crippen molar-refractivity contribution in [1.82, 2.24) is 24.8 Å². The van der Waals surface area contributed by atoms with Crippen LogP contribution < -0.4 is 11.3 Å². The molecule has 3 rings (SSSR count). The molecule has 3 heterocycles. The Balaban J connectivity index is 0.000000173. The molecular formula is C11H8N8O2. The standard InChI is InChI=1S/C7H4N4O2.C4H4N4/c8-2-4-3-9-11-6(13)1-5(12)10-7(4)11;5-1-3-2-7-8-4(3)6/h1,3,13H,(H,10,12);2H,(H3,6,7,8). The number of nitrogens with two attached hydrogens (primary N) is 1. The normalized spacial score (nSPS) is 9.43. The minimum absolute atomic E-state index is 0.201. The summed E-state index contributed by atoms with van der Waals surface area (Å²) < 4.78 is 1.08. The van der Waals surface area contributed by atoms with Crippen LogP contribution in [0.5, 0.6) is 5.88 Å². The van der Waals surface area contributed by atoms with Gasteiger partial charge in [0.25, 0.3) is 5.56 Å². The fourth-order valence-electron chi connectivity index (χ4n) is 1.44. The van der Waals surface area contributed by atoms with Crippen molar-refractivity contribution in [3.8, 4) is 18.0 Å². The highest BCUT2D eigenvalue weighted by Gasteiger charge is 2.07. The molecule has 10 nitrogen and oxygen atoms in total. The summed E-state index contributed by atoms with van der Waals surface area (Å²) in [6, 6.07) is 4.68. The molecule has 5 N–H and O–H groups in total. The average molecular weight is 284 g/mol. The highest BCUT2D eigenvalue weighted by molar-refractivity contribution is 5.54. The number of nitrogen functional groups attached to an aromatic ring is 1. The summed E-state index contributed by atoms with van der Waals surface area (Å²) in [5, 5.41) is 35.7. The maximum Gasteiger partial charge on any atom is 0.254 e. The van der Waals surface area contributed by atoms with Crippen molar-refractivity contribution in [2.75, 3.05) is 5.73 Å². The molecular weight excluding hydrogens is 276 g/mol. The summed E-state index contributed by atoms with van der Waals surface area (Å²) >= 11 is 0. The Morgan fingerprint density at radius 2 is 2.00 bits per heavy atom. The van der Waals surface area contributed by atoms with Crippen molar-refractivity contribution in [2.45, 2.75) is 0 Å². The van der Waals surface area contributed by atoms with Gasteiger partial charge in [-0.1, -0.05) is 0 Å². The van der Waals surface area contributed by atoms with Gasteiger partial charge in [0.05, 0.1) is 18.5 Å². The van der Waals surface area contributed by atoms with Crippen LogP contribution in [0.15, 0.2) is 23.3 Å². The van der Waals surface area contributed by atoms with Gasteiger partial charge in [-0.15, -0.1) is 0 Å². The molecule has 0 atom stereocenters. The van der Waals surface area contributed by atoms with E-state index in [9.17, 15) is 9.90 Å². The molecule has 3 aromatic rings. The van der Waals surface area contributed by atoms with Crippen LogP contribution in [0, 0.1) is 22.7 Å². The van der Waals surface area contributed by atoms with Crippen molar-refractivity contribution < 1.29 is 5.11 Å². The number of rotatable bonds is 0. The van der Waals surface area contributed by atoms with E-state index in [0.717, 1.165) is 10.6 Å². The quantitative estimate of drug-likeness (QED) is 0.429. The van der Waals surface area contributed by atoms with Gasteiger partial charge in [0.1, 0.15) is 29.1 Å². The third-order valence-electron chi connectivity index (χ3n) is 2.40. The molecule has 0 saturated carbocycles. The minimum Gasteiger partial charge on any atom is -0.493 e. The smallest absolute Gasteiger partial charge is 0.254 e. The fourth-order valence-corrected chi connectivity index (χ4v) is 1.44. The highest BCUT2D eigenvalue weighted by atomic mass is 16.3. The van der Waals surface area contributed by atoms with Crippen molar-refractivity contribution in [3.05, 3.63) is 39.9 Å². The summed E-state index contributed by atoms with van der Waals surface area (Å²) in [6.07, 6.45) is 2.65. The molecule has 21 heavy (non-hydrogen) atoms. The predicted molar refractivity (Wildman–Crippen MR) is 69.9 cm³/mol. The van der Waals surface area contributed by atoms with E-state index in [1.807, 2.05) is 12.1 Å². The van der Waals surface area contributed by atoms with Gasteiger partial charge < -0.3 is 15.8 Å². The molecule has 3 aromatic heterocycles. The van der Waals surface area contributed by atoms with E-state index in [2.05, 4.69) is 20.3 Å². The van der Waals surface area contributed by atoms with Gasteiger partial charge in [-0.3, -0.25) is 9.89 Å². The largest absolute Gasteiger partial charge is 0.493 e. The lowest BCUT2D eigenvalue weighted by Crippen LogP contribution is -2.07. The van der Waals surface area contributed by atoms with E-state index < -0.39 is 5.56 Å². The summed E-state index contributed by atoms with van der Waals surface area (Å²) in [7, 11) is 0. The summed E-state index contributed by atoms with van der Waals surface area (Å²) in [5.41, 5.74) is 5.55. The van der Waals surface area contributed by atoms with E-state index in [4.69, 9.17) is 16.3 Å². The molecule has 0 saturated heterocycles. The lowest BCUT2D eigenvalue weighted by atomic mass is 10.4. The number of H-pyrrole nitrogens is 2. The van der Waals surface area contributed by atoms with Crippen molar-refractivity contribution in [2.24, 2.45) is 0 Å². The second-order valence-electron chi connectivity index (χ2n) is 3.73. The number of nitrogens with zero attached hydrogens (tertiary/aromatic N) is 5. The molecule has 0 aromatic carbocycles. The zero-order chi connectivity index (χ0) is 15.4. The molecule has 10 heteroatoms. The van der Waals surface area contributed by atoms with E-state index in [-0.39, 0.29) is 17.1 Å². The van der Waals surface area contributed by atoms with Gasteiger partial charge in [0.15, 0.2) is 5.65 Å². The van der Waals surface area contributed by atoms with E-state index in [1.165, 1.54) is 12.4 Å². The molecule has 0 aliphatic rings. The number of fused-ring (bicyclic) bond motifs is 1. The molecule has 0 fully saturated rings. The van der Waals surface area contributed by atoms with Gasteiger partial charge >= 0.3 is 0 Å². The first-order valence-corrected chi connectivity index (χ1v) is 5.46. The van der Waals surface area contributed by atoms with E-state index >= 15 is 0 Å². The van der Waals surface area contributed by atoms with E-state index in [1.54, 1.807) is 0 Å². The van der Waals surface area contributed by atoms with E-state index in [0.29, 0.717) is 11.4 Å². The zero-order valence-electron chi connectivity index (χ0n) is 10.4. The van der Waals surface area contributed by atoms with Gasteiger partial charge in [0.2, 0.25) is 5.88 Å². The Hall–Kier alpha value is -3.79. The number of nitrogens with one attached hydrogen (secondary N) is 2. The Kier molecular flexibility index (Phi) is 3.54. The Bertz CT molecular complexity index is 920. The monoisotopic (exact) mass is 284 g/mol. The van der Waals surface area contributed by atoms with Crippen LogP contribution in [0.3, 0.4) is 0 Å². The zero-order valence-corrected chi connectivity index (χ0v) is 10.4. The van der Waals surface area contributed by atoms with Gasteiger partial charge in [-0.25, -0.2) is 0 Å². The lowest BCUT2D eigenvalue weighted by Gasteiger charge is -1.94. The third kappa shape index (κ3) is 2.64. The van der Waals surface area contributed by atoms with Crippen LogP contribution in [0.1, 0.15) is 11.1 Å². The molecule has 0 unspecified atom stereocenters. The summed E-state index contributed by atoms with van der Waals surface area (Å²) in [4.78, 5) is 13.3. The molecule has 0 aliphatic heterocycles. The SMILES string of the molecule is N#Cc1cn[nH]c1N.N#Cc1cnn2c(O)cc(=O)[nH]c12. The summed E-state index contributed by atoms with van der Waals surface area (Å²) in [6.45, 7) is 0. The van der Waals surface area contributed by atoms with Crippen molar-refractivity contribution in [3.63, 3.8) is 0 Å². The maximum absolute atomic E-state index is 10.9. The molecule has 0 bridgehead atoms. The van der Waals surface area contributed by atoms with Crippen LogP contribution in [-0.4, -0.2) is 29.9 Å². The second-order valence-corrected chi connectivity index (χ2v) is 3.73. The second kappa shape index (κ2) is 5.46. The summed E-state index contributed by atoms with van der Waals surface area (Å²) in [5.74, 6) is 0.0350. The molecule has 0 radical (unpaired) electrons. The Morgan fingerprint density at radius 1 is 1.29 bits per heavy atom. The third-order valence-corrected chi connectivity index (χ3v) is 2.40. The van der Waals surface area contributed by atoms with Crippen LogP contribution in [0.4, 0.5) is 5.82 Å². The average Bonchev–Trinajstić information content (AvgIpc) is 3.05. The number of aromatic amines is 2. The van der Waals surface area contributed by atoms with Gasteiger partial charge in [-0.2, -0.15) is 25.2 Å². The minimum atomic E-state index is -0.470. The Labute approximate surface area is 116 Å². The molecule has 0 aliphatic carbocycles. The van der Waals surface area contributed by atoms with Gasteiger partial charge in [0, 0.05) is 0 Å². The van der Waals surface area contributed by atoms with Crippen LogP contribution >= 0.6 is 0 Å². The number of anilines is 1. The van der Waals surface area contributed by atoms with Gasteiger partial charge in [-0.05, 0) is 0 Å². The highest BCUT2D eigenvalue weighted by Crippen LogP contribution is 2.10. The number of nitriles is 2. The van der Waals surface area contributed by atoms with Crippen LogP contribution in [0.2, 0.25) is 0 Å². The number of aromatic nitrogens is 5. The molecule has 104 valence electrons. The number of hydrogen-bond donors (Lipinski definition) is 4. The number of hydrogen-bond acceptors (Lipinski definition) is 7.